The van der Waals surface area contributed by atoms with Crippen LogP contribution in [0.25, 0.3) is 0 Å². The van der Waals surface area contributed by atoms with Gasteiger partial charge in [0.25, 0.3) is 0 Å². The Labute approximate surface area is 80.9 Å². The molecule has 0 amide bonds. The summed E-state index contributed by atoms with van der Waals surface area (Å²) in [5.41, 5.74) is 0. The van der Waals surface area contributed by atoms with E-state index >= 15 is 0 Å². The van der Waals surface area contributed by atoms with E-state index in [4.69, 9.17) is 5.41 Å². The third-order valence-corrected chi connectivity index (χ3v) is 2.96. The first kappa shape index (κ1) is 10.7. The molecule has 0 aliphatic heterocycles. The highest BCUT2D eigenvalue weighted by atomic mass is 16.3. The number of aliphatic hydroxyl groups excluding tert-OH is 1. The first-order chi connectivity index (χ1) is 6.33. The van der Waals surface area contributed by atoms with Gasteiger partial charge < -0.3 is 10.5 Å². The molecule has 0 aromatic rings. The Balaban J connectivity index is 2.29. The summed E-state index contributed by atoms with van der Waals surface area (Å²) in [5.74, 6) is 0.477. The Morgan fingerprint density at radius 3 is 2.31 bits per heavy atom. The van der Waals surface area contributed by atoms with Gasteiger partial charge in [-0.05, 0) is 37.8 Å². The summed E-state index contributed by atoms with van der Waals surface area (Å²) in [6.45, 7) is 0. The molecular formula is C11H21NO. The van der Waals surface area contributed by atoms with E-state index in [9.17, 15) is 5.11 Å². The van der Waals surface area contributed by atoms with Crippen molar-refractivity contribution in [1.82, 2.24) is 0 Å². The molecule has 1 rings (SSSR count). The Kier molecular flexibility index (Phi) is 5.06. The molecule has 0 radical (unpaired) electrons. The zero-order valence-corrected chi connectivity index (χ0v) is 8.34. The maximum atomic E-state index is 9.53. The van der Waals surface area contributed by atoms with E-state index < -0.39 is 0 Å². The Morgan fingerprint density at radius 2 is 1.54 bits per heavy atom. The summed E-state index contributed by atoms with van der Waals surface area (Å²) >= 11 is 0. The first-order valence-corrected chi connectivity index (χ1v) is 5.51. The van der Waals surface area contributed by atoms with Crippen LogP contribution < -0.4 is 0 Å². The molecule has 2 nitrogen and oxygen atoms in total. The summed E-state index contributed by atoms with van der Waals surface area (Å²) in [6, 6.07) is 0. The first-order valence-electron chi connectivity index (χ1n) is 5.51. The lowest BCUT2D eigenvalue weighted by Crippen LogP contribution is -2.10. The van der Waals surface area contributed by atoms with E-state index in [0.717, 1.165) is 32.1 Å². The Bertz CT molecular complexity index is 147. The second kappa shape index (κ2) is 6.14. The minimum Gasteiger partial charge on any atom is -0.393 e. The van der Waals surface area contributed by atoms with E-state index in [2.05, 4.69) is 0 Å². The maximum absolute atomic E-state index is 9.53. The summed E-state index contributed by atoms with van der Waals surface area (Å²) in [4.78, 5) is 0. The van der Waals surface area contributed by atoms with Crippen molar-refractivity contribution in [3.05, 3.63) is 0 Å². The van der Waals surface area contributed by atoms with Crippen molar-refractivity contribution in [3.8, 4) is 0 Å². The molecule has 1 aliphatic rings. The van der Waals surface area contributed by atoms with Gasteiger partial charge in [-0.25, -0.2) is 0 Å². The summed E-state index contributed by atoms with van der Waals surface area (Å²) in [6.07, 6.45) is 10.4. The van der Waals surface area contributed by atoms with Crippen molar-refractivity contribution in [1.29, 1.82) is 5.41 Å². The van der Waals surface area contributed by atoms with Gasteiger partial charge in [-0.1, -0.05) is 25.7 Å². The van der Waals surface area contributed by atoms with Crippen molar-refractivity contribution in [2.75, 3.05) is 0 Å². The molecule has 2 unspecified atom stereocenters. The fourth-order valence-corrected chi connectivity index (χ4v) is 2.03. The number of hydrogen-bond donors (Lipinski definition) is 2. The third kappa shape index (κ3) is 4.41. The molecular weight excluding hydrogens is 162 g/mol. The van der Waals surface area contributed by atoms with Gasteiger partial charge in [0.1, 0.15) is 0 Å². The topological polar surface area (TPSA) is 44.1 Å². The van der Waals surface area contributed by atoms with Gasteiger partial charge in [0.2, 0.25) is 0 Å². The third-order valence-electron chi connectivity index (χ3n) is 2.96. The van der Waals surface area contributed by atoms with Crippen LogP contribution in [0.15, 0.2) is 0 Å². The summed E-state index contributed by atoms with van der Waals surface area (Å²) < 4.78 is 0. The molecule has 2 atom stereocenters. The highest BCUT2D eigenvalue weighted by molar-refractivity contribution is 5.56. The zero-order chi connectivity index (χ0) is 9.52. The van der Waals surface area contributed by atoms with E-state index in [1.807, 2.05) is 0 Å². The smallest absolute Gasteiger partial charge is 0.0540 e. The van der Waals surface area contributed by atoms with Crippen LogP contribution in [0.1, 0.15) is 51.4 Å². The highest BCUT2D eigenvalue weighted by Gasteiger charge is 2.10. The van der Waals surface area contributed by atoms with Gasteiger partial charge in [0.15, 0.2) is 0 Å². The van der Waals surface area contributed by atoms with Gasteiger partial charge in [0, 0.05) is 0 Å². The van der Waals surface area contributed by atoms with Crippen molar-refractivity contribution in [2.24, 2.45) is 5.92 Å². The van der Waals surface area contributed by atoms with Crippen LogP contribution in [0.3, 0.4) is 0 Å². The molecule has 0 aromatic heterocycles. The highest BCUT2D eigenvalue weighted by Crippen LogP contribution is 2.20. The monoisotopic (exact) mass is 183 g/mol. The molecule has 2 N–H and O–H groups in total. The molecule has 0 bridgehead atoms. The van der Waals surface area contributed by atoms with Gasteiger partial charge in [0.05, 0.1) is 6.10 Å². The fourth-order valence-electron chi connectivity index (χ4n) is 2.03. The van der Waals surface area contributed by atoms with Crippen LogP contribution in [-0.2, 0) is 0 Å². The van der Waals surface area contributed by atoms with Crippen LogP contribution in [-0.4, -0.2) is 17.4 Å². The fraction of sp³-hybridized carbons (Fsp3) is 0.909. The Hall–Kier alpha value is -0.370. The Morgan fingerprint density at radius 1 is 0.923 bits per heavy atom. The van der Waals surface area contributed by atoms with Gasteiger partial charge >= 0.3 is 0 Å². The van der Waals surface area contributed by atoms with Crippen LogP contribution >= 0.6 is 0 Å². The second-order valence-electron chi connectivity index (χ2n) is 4.15. The van der Waals surface area contributed by atoms with Crippen molar-refractivity contribution in [3.63, 3.8) is 0 Å². The quantitative estimate of drug-likeness (QED) is 0.603. The van der Waals surface area contributed by atoms with E-state index in [-0.39, 0.29) is 6.10 Å². The molecule has 1 saturated carbocycles. The number of nitrogens with one attached hydrogen (secondary N) is 1. The molecule has 0 heterocycles. The van der Waals surface area contributed by atoms with Crippen LogP contribution in [0.2, 0.25) is 0 Å². The van der Waals surface area contributed by atoms with E-state index in [0.29, 0.717) is 5.92 Å². The molecule has 0 spiro atoms. The van der Waals surface area contributed by atoms with Crippen LogP contribution in [0.4, 0.5) is 0 Å². The lowest BCUT2D eigenvalue weighted by atomic mass is 9.92. The SMILES string of the molecule is N=CC1CCCCCC(O)CCC1. The molecule has 13 heavy (non-hydrogen) atoms. The minimum atomic E-state index is -0.0792. The van der Waals surface area contributed by atoms with Gasteiger partial charge in [-0.3, -0.25) is 0 Å². The molecule has 0 aromatic carbocycles. The molecule has 1 aliphatic carbocycles. The van der Waals surface area contributed by atoms with E-state index in [1.54, 1.807) is 6.21 Å². The normalized spacial score (nSPS) is 32.4. The molecule has 2 heteroatoms. The van der Waals surface area contributed by atoms with Crippen molar-refractivity contribution < 1.29 is 5.11 Å². The largest absolute Gasteiger partial charge is 0.393 e. The number of rotatable bonds is 1. The maximum Gasteiger partial charge on any atom is 0.0540 e. The standard InChI is InChI=1S/C11H21NO/c12-9-10-5-2-1-3-7-11(13)8-4-6-10/h9-13H,1-8H2. The predicted octanol–water partition coefficient (Wildman–Crippen LogP) is 2.75. The van der Waals surface area contributed by atoms with Crippen molar-refractivity contribution >= 4 is 6.21 Å². The molecule has 76 valence electrons. The van der Waals surface area contributed by atoms with E-state index in [1.165, 1.54) is 19.3 Å². The number of hydrogen-bond acceptors (Lipinski definition) is 2. The van der Waals surface area contributed by atoms with Crippen LogP contribution in [0.5, 0.6) is 0 Å². The minimum absolute atomic E-state index is 0.0792. The predicted molar refractivity (Wildman–Crippen MR) is 55.2 cm³/mol. The summed E-state index contributed by atoms with van der Waals surface area (Å²) in [5, 5.41) is 16.8. The van der Waals surface area contributed by atoms with Gasteiger partial charge in [-0.2, -0.15) is 0 Å². The zero-order valence-electron chi connectivity index (χ0n) is 8.34. The molecule has 0 saturated heterocycles. The lowest BCUT2D eigenvalue weighted by molar-refractivity contribution is 0.144. The van der Waals surface area contributed by atoms with Crippen molar-refractivity contribution in [2.45, 2.75) is 57.5 Å². The lowest BCUT2D eigenvalue weighted by Gasteiger charge is -2.16. The average molecular weight is 183 g/mol. The van der Waals surface area contributed by atoms with Gasteiger partial charge in [-0.15, -0.1) is 0 Å². The number of aliphatic hydroxyl groups is 1. The van der Waals surface area contributed by atoms with Crippen LogP contribution in [0, 0.1) is 11.3 Å². The average Bonchev–Trinajstić information content (AvgIpc) is 2.15. The summed E-state index contributed by atoms with van der Waals surface area (Å²) in [7, 11) is 0. The second-order valence-corrected chi connectivity index (χ2v) is 4.15. The molecule has 1 fully saturated rings.